The lowest BCUT2D eigenvalue weighted by Gasteiger charge is -2.05. The lowest BCUT2D eigenvalue weighted by Crippen LogP contribution is -2.20. The largest absolute Gasteiger partial charge is 0.324 e. The molecule has 1 N–H and O–H groups in total. The van der Waals surface area contributed by atoms with Crippen molar-refractivity contribution in [2.45, 2.75) is 13.5 Å². The number of ketones is 1. The van der Waals surface area contributed by atoms with Crippen LogP contribution < -0.4 is 5.32 Å². The third-order valence-corrected chi connectivity index (χ3v) is 3.92. The van der Waals surface area contributed by atoms with E-state index in [1.54, 1.807) is 24.3 Å². The number of rotatable bonds is 5. The van der Waals surface area contributed by atoms with Gasteiger partial charge in [0, 0.05) is 21.3 Å². The molecule has 1 aromatic heterocycles. The molecule has 2 aromatic carbocycles. The Morgan fingerprint density at radius 2 is 1.92 bits per heavy atom. The molecule has 0 atom stereocenters. The van der Waals surface area contributed by atoms with E-state index >= 15 is 0 Å². The van der Waals surface area contributed by atoms with Crippen molar-refractivity contribution in [2.75, 3.05) is 5.32 Å². The first-order valence-electron chi connectivity index (χ1n) is 7.46. The highest BCUT2D eigenvalue weighted by Gasteiger charge is 2.10. The van der Waals surface area contributed by atoms with E-state index in [0.29, 0.717) is 17.1 Å². The molecule has 126 valence electrons. The van der Waals surface area contributed by atoms with Crippen molar-refractivity contribution in [3.8, 4) is 11.4 Å². The lowest BCUT2D eigenvalue weighted by atomic mass is 10.1. The Bertz CT molecular complexity index is 921. The summed E-state index contributed by atoms with van der Waals surface area (Å²) in [5, 5.41) is 14.8. The van der Waals surface area contributed by atoms with Crippen LogP contribution in [0.5, 0.6) is 0 Å². The first-order chi connectivity index (χ1) is 12.0. The van der Waals surface area contributed by atoms with E-state index in [9.17, 15) is 9.59 Å². The number of Topliss-reactive ketones (excluding diaryl/α,β-unsaturated/α-hetero) is 1. The summed E-state index contributed by atoms with van der Waals surface area (Å²) < 4.78 is 0.954. The van der Waals surface area contributed by atoms with Crippen molar-refractivity contribution in [1.82, 2.24) is 20.2 Å². The minimum atomic E-state index is -0.305. The first kappa shape index (κ1) is 17.0. The monoisotopic (exact) mass is 399 g/mol. The van der Waals surface area contributed by atoms with Gasteiger partial charge in [-0.05, 0) is 48.5 Å². The molecule has 7 nitrogen and oxygen atoms in total. The Kier molecular flexibility index (Phi) is 4.99. The summed E-state index contributed by atoms with van der Waals surface area (Å²) in [5.41, 5.74) is 1.89. The maximum absolute atomic E-state index is 12.1. The number of nitrogens with zero attached hydrogens (tertiary/aromatic N) is 4. The van der Waals surface area contributed by atoms with Crippen molar-refractivity contribution >= 4 is 33.3 Å². The second-order valence-corrected chi connectivity index (χ2v) is 6.25. The van der Waals surface area contributed by atoms with Crippen LogP contribution >= 0.6 is 15.9 Å². The minimum absolute atomic E-state index is 0.0619. The number of tetrazole rings is 1. The van der Waals surface area contributed by atoms with Crippen molar-refractivity contribution < 1.29 is 9.59 Å². The number of nitrogens with one attached hydrogen (secondary N) is 1. The van der Waals surface area contributed by atoms with Crippen LogP contribution in [0.2, 0.25) is 0 Å². The zero-order valence-corrected chi connectivity index (χ0v) is 14.9. The van der Waals surface area contributed by atoms with Crippen molar-refractivity contribution in [3.63, 3.8) is 0 Å². The van der Waals surface area contributed by atoms with Gasteiger partial charge >= 0.3 is 0 Å². The fraction of sp³-hybridized carbons (Fsp3) is 0.118. The molecule has 0 saturated carbocycles. The topological polar surface area (TPSA) is 89.8 Å². The molecular formula is C17H14BrN5O2. The molecule has 0 radical (unpaired) electrons. The van der Waals surface area contributed by atoms with Gasteiger partial charge in [-0.15, -0.1) is 10.2 Å². The highest BCUT2D eigenvalue weighted by Crippen LogP contribution is 2.17. The van der Waals surface area contributed by atoms with Gasteiger partial charge in [-0.25, -0.2) is 0 Å². The number of benzene rings is 2. The Hall–Kier alpha value is -2.87. The zero-order chi connectivity index (χ0) is 17.8. The molecule has 0 bridgehead atoms. The summed E-state index contributed by atoms with van der Waals surface area (Å²) in [5.74, 6) is 0.0764. The van der Waals surface area contributed by atoms with Gasteiger partial charge in [0.1, 0.15) is 6.54 Å². The number of anilines is 1. The molecule has 3 rings (SSSR count). The standard InChI is InChI=1S/C17H14BrN5O2/c1-11(24)13-3-2-4-15(9-13)19-16(25)10-23-21-17(20-22-23)12-5-7-14(18)8-6-12/h2-9H,10H2,1H3,(H,19,25). The van der Waals surface area contributed by atoms with E-state index in [-0.39, 0.29) is 18.2 Å². The molecule has 8 heteroatoms. The molecule has 0 saturated heterocycles. The van der Waals surface area contributed by atoms with E-state index in [1.807, 2.05) is 24.3 Å². The van der Waals surface area contributed by atoms with Crippen LogP contribution in [0.1, 0.15) is 17.3 Å². The number of carbonyl (C=O) groups is 2. The first-order valence-corrected chi connectivity index (χ1v) is 8.25. The average Bonchev–Trinajstić information content (AvgIpc) is 3.04. The fourth-order valence-electron chi connectivity index (χ4n) is 2.17. The highest BCUT2D eigenvalue weighted by atomic mass is 79.9. The molecule has 1 heterocycles. The maximum Gasteiger partial charge on any atom is 0.248 e. The molecule has 0 aliphatic rings. The van der Waals surface area contributed by atoms with Gasteiger partial charge in [-0.1, -0.05) is 28.1 Å². The average molecular weight is 400 g/mol. The third kappa shape index (κ3) is 4.36. The van der Waals surface area contributed by atoms with Gasteiger partial charge in [0.05, 0.1) is 0 Å². The number of amides is 1. The summed E-state index contributed by atoms with van der Waals surface area (Å²) in [6, 6.07) is 14.2. The lowest BCUT2D eigenvalue weighted by molar-refractivity contribution is -0.117. The van der Waals surface area contributed by atoms with E-state index in [4.69, 9.17) is 0 Å². The number of halogens is 1. The van der Waals surface area contributed by atoms with E-state index in [0.717, 1.165) is 10.0 Å². The van der Waals surface area contributed by atoms with Crippen LogP contribution in [-0.2, 0) is 11.3 Å². The SMILES string of the molecule is CC(=O)c1cccc(NC(=O)Cn2nnc(-c3ccc(Br)cc3)n2)c1. The summed E-state index contributed by atoms with van der Waals surface area (Å²) in [6.45, 7) is 1.40. The van der Waals surface area contributed by atoms with Crippen LogP contribution in [0.3, 0.4) is 0 Å². The zero-order valence-electron chi connectivity index (χ0n) is 13.3. The van der Waals surface area contributed by atoms with E-state index < -0.39 is 0 Å². The fourth-order valence-corrected chi connectivity index (χ4v) is 2.43. The normalized spacial score (nSPS) is 10.5. The summed E-state index contributed by atoms with van der Waals surface area (Å²) in [6.07, 6.45) is 0. The van der Waals surface area contributed by atoms with Gasteiger partial charge in [-0.2, -0.15) is 4.80 Å². The van der Waals surface area contributed by atoms with Gasteiger partial charge < -0.3 is 5.32 Å². The number of carbonyl (C=O) groups excluding carboxylic acids is 2. The van der Waals surface area contributed by atoms with Gasteiger partial charge in [0.25, 0.3) is 0 Å². The van der Waals surface area contributed by atoms with Crippen molar-refractivity contribution in [1.29, 1.82) is 0 Å². The molecule has 0 aliphatic heterocycles. The predicted molar refractivity (Wildman–Crippen MR) is 96.0 cm³/mol. The Balaban J connectivity index is 1.66. The molecule has 0 fully saturated rings. The van der Waals surface area contributed by atoms with E-state index in [1.165, 1.54) is 11.7 Å². The second kappa shape index (κ2) is 7.35. The van der Waals surface area contributed by atoms with Gasteiger partial charge in [0.2, 0.25) is 11.7 Å². The quantitative estimate of drug-likeness (QED) is 0.666. The molecular weight excluding hydrogens is 386 g/mol. The highest BCUT2D eigenvalue weighted by molar-refractivity contribution is 9.10. The van der Waals surface area contributed by atoms with Gasteiger partial charge in [-0.3, -0.25) is 9.59 Å². The minimum Gasteiger partial charge on any atom is -0.324 e. The summed E-state index contributed by atoms with van der Waals surface area (Å²) >= 11 is 3.37. The van der Waals surface area contributed by atoms with Crippen LogP contribution in [-0.4, -0.2) is 31.9 Å². The maximum atomic E-state index is 12.1. The Morgan fingerprint density at radius 1 is 1.16 bits per heavy atom. The van der Waals surface area contributed by atoms with Crippen LogP contribution in [0.25, 0.3) is 11.4 Å². The predicted octanol–water partition coefficient (Wildman–Crippen LogP) is 2.94. The van der Waals surface area contributed by atoms with E-state index in [2.05, 4.69) is 36.7 Å². The Labute approximate surface area is 152 Å². The second-order valence-electron chi connectivity index (χ2n) is 5.34. The molecule has 0 spiro atoms. The van der Waals surface area contributed by atoms with Crippen LogP contribution in [0.15, 0.2) is 53.0 Å². The summed E-state index contributed by atoms with van der Waals surface area (Å²) in [4.78, 5) is 24.7. The Morgan fingerprint density at radius 3 is 2.64 bits per heavy atom. The van der Waals surface area contributed by atoms with Crippen LogP contribution in [0, 0.1) is 0 Å². The molecule has 0 unspecified atom stereocenters. The van der Waals surface area contributed by atoms with Crippen LogP contribution in [0.4, 0.5) is 5.69 Å². The molecule has 1 amide bonds. The number of hydrogen-bond donors (Lipinski definition) is 1. The molecule has 3 aromatic rings. The summed E-state index contributed by atoms with van der Waals surface area (Å²) in [7, 11) is 0. The third-order valence-electron chi connectivity index (χ3n) is 3.39. The molecule has 25 heavy (non-hydrogen) atoms. The van der Waals surface area contributed by atoms with Crippen molar-refractivity contribution in [2.24, 2.45) is 0 Å². The van der Waals surface area contributed by atoms with Crippen molar-refractivity contribution in [3.05, 3.63) is 58.6 Å². The number of hydrogen-bond acceptors (Lipinski definition) is 5. The number of aromatic nitrogens is 4. The molecule has 0 aliphatic carbocycles. The van der Waals surface area contributed by atoms with Gasteiger partial charge in [0.15, 0.2) is 5.78 Å². The smallest absolute Gasteiger partial charge is 0.248 e.